The van der Waals surface area contributed by atoms with Crippen LogP contribution in [-0.2, 0) is 20.7 Å². The molecule has 1 fully saturated rings. The zero-order valence-corrected chi connectivity index (χ0v) is 13.9. The van der Waals surface area contributed by atoms with Gasteiger partial charge in [0.2, 0.25) is 0 Å². The predicted molar refractivity (Wildman–Crippen MR) is 85.6 cm³/mol. The van der Waals surface area contributed by atoms with Crippen molar-refractivity contribution in [1.82, 2.24) is 5.32 Å². The highest BCUT2D eigenvalue weighted by atomic mass is 35.5. The van der Waals surface area contributed by atoms with Crippen LogP contribution in [0.3, 0.4) is 0 Å². The molecule has 0 heterocycles. The molecule has 23 heavy (non-hydrogen) atoms. The van der Waals surface area contributed by atoms with Crippen molar-refractivity contribution in [2.24, 2.45) is 5.92 Å². The molecule has 0 unspecified atom stereocenters. The lowest BCUT2D eigenvalue weighted by Gasteiger charge is -2.29. The van der Waals surface area contributed by atoms with Crippen LogP contribution in [0.4, 0.5) is 4.39 Å². The summed E-state index contributed by atoms with van der Waals surface area (Å²) in [6.07, 6.45) is 4.04. The van der Waals surface area contributed by atoms with Crippen LogP contribution in [0.2, 0.25) is 5.02 Å². The van der Waals surface area contributed by atoms with Crippen molar-refractivity contribution in [2.45, 2.75) is 45.1 Å². The summed E-state index contributed by atoms with van der Waals surface area (Å²) in [5, 5.41) is 3.06. The summed E-state index contributed by atoms with van der Waals surface area (Å²) < 4.78 is 18.5. The van der Waals surface area contributed by atoms with Crippen molar-refractivity contribution in [3.8, 4) is 0 Å². The fourth-order valence-corrected chi connectivity index (χ4v) is 3.05. The number of halogens is 2. The predicted octanol–water partition coefficient (Wildman–Crippen LogP) is 3.26. The maximum atomic E-state index is 13.6. The van der Waals surface area contributed by atoms with E-state index in [2.05, 4.69) is 12.2 Å². The Kier molecular flexibility index (Phi) is 6.39. The SMILES string of the molecule is C[C@@H]1CCCC[C@H]1NC(=O)COC(=O)Cc1c(F)cccc1Cl. The molecule has 1 saturated carbocycles. The molecular weight excluding hydrogens is 321 g/mol. The molecule has 126 valence electrons. The molecule has 0 saturated heterocycles. The van der Waals surface area contributed by atoms with Crippen LogP contribution in [0, 0.1) is 11.7 Å². The third-order valence-corrected chi connectivity index (χ3v) is 4.56. The quantitative estimate of drug-likeness (QED) is 0.836. The monoisotopic (exact) mass is 341 g/mol. The van der Waals surface area contributed by atoms with Gasteiger partial charge in [-0.15, -0.1) is 0 Å². The highest BCUT2D eigenvalue weighted by molar-refractivity contribution is 6.31. The molecule has 1 amide bonds. The van der Waals surface area contributed by atoms with Gasteiger partial charge in [-0.25, -0.2) is 4.39 Å². The fourth-order valence-electron chi connectivity index (χ4n) is 2.82. The molecule has 4 nitrogen and oxygen atoms in total. The van der Waals surface area contributed by atoms with E-state index in [4.69, 9.17) is 16.3 Å². The number of benzene rings is 1. The van der Waals surface area contributed by atoms with Crippen LogP contribution < -0.4 is 5.32 Å². The lowest BCUT2D eigenvalue weighted by atomic mass is 9.86. The molecule has 0 spiro atoms. The molecule has 6 heteroatoms. The average molecular weight is 342 g/mol. The summed E-state index contributed by atoms with van der Waals surface area (Å²) in [7, 11) is 0. The Bertz CT molecular complexity index is 559. The second kappa shape index (κ2) is 8.29. The standard InChI is InChI=1S/C17H21ClFNO3/c1-11-5-2-3-8-15(11)20-16(21)10-23-17(22)9-12-13(18)6-4-7-14(12)19/h4,6-7,11,15H,2-3,5,8-10H2,1H3,(H,20,21)/t11-,15-/m1/s1. The zero-order valence-electron chi connectivity index (χ0n) is 13.1. The van der Waals surface area contributed by atoms with Crippen molar-refractivity contribution in [1.29, 1.82) is 0 Å². The molecule has 1 N–H and O–H groups in total. The Labute approximate surface area is 140 Å². The Hall–Kier alpha value is -1.62. The van der Waals surface area contributed by atoms with Gasteiger partial charge in [0, 0.05) is 16.6 Å². The summed E-state index contributed by atoms with van der Waals surface area (Å²) >= 11 is 5.85. The normalized spacial score (nSPS) is 20.8. The van der Waals surface area contributed by atoms with E-state index >= 15 is 0 Å². The van der Waals surface area contributed by atoms with Crippen LogP contribution in [0.5, 0.6) is 0 Å². The van der Waals surface area contributed by atoms with E-state index in [0.717, 1.165) is 19.3 Å². The van der Waals surface area contributed by atoms with Gasteiger partial charge in [0.15, 0.2) is 6.61 Å². The van der Waals surface area contributed by atoms with E-state index in [1.54, 1.807) is 0 Å². The lowest BCUT2D eigenvalue weighted by Crippen LogP contribution is -2.43. The summed E-state index contributed by atoms with van der Waals surface area (Å²) in [6.45, 7) is 1.75. The average Bonchev–Trinajstić information content (AvgIpc) is 2.51. The smallest absolute Gasteiger partial charge is 0.310 e. The summed E-state index contributed by atoms with van der Waals surface area (Å²) in [6, 6.07) is 4.33. The minimum atomic E-state index is -0.677. The summed E-state index contributed by atoms with van der Waals surface area (Å²) in [5.74, 6) is -1.13. The van der Waals surface area contributed by atoms with Gasteiger partial charge in [0.05, 0.1) is 6.42 Å². The first-order valence-corrected chi connectivity index (χ1v) is 8.23. The fraction of sp³-hybridized carbons (Fsp3) is 0.529. The zero-order chi connectivity index (χ0) is 16.8. The molecule has 0 aromatic heterocycles. The molecule has 0 bridgehead atoms. The Morgan fingerprint density at radius 1 is 1.35 bits per heavy atom. The first kappa shape index (κ1) is 17.7. The maximum Gasteiger partial charge on any atom is 0.310 e. The van der Waals surface area contributed by atoms with E-state index in [1.807, 2.05) is 0 Å². The van der Waals surface area contributed by atoms with Gasteiger partial charge >= 0.3 is 5.97 Å². The number of nitrogens with one attached hydrogen (secondary N) is 1. The second-order valence-corrected chi connectivity index (χ2v) is 6.38. The van der Waals surface area contributed by atoms with Gasteiger partial charge in [-0.1, -0.05) is 37.4 Å². The maximum absolute atomic E-state index is 13.6. The van der Waals surface area contributed by atoms with E-state index in [-0.39, 0.29) is 35.6 Å². The van der Waals surface area contributed by atoms with Crippen molar-refractivity contribution in [3.05, 3.63) is 34.6 Å². The molecule has 0 radical (unpaired) electrons. The number of hydrogen-bond acceptors (Lipinski definition) is 3. The van der Waals surface area contributed by atoms with Crippen LogP contribution >= 0.6 is 11.6 Å². The Morgan fingerprint density at radius 2 is 2.09 bits per heavy atom. The third-order valence-electron chi connectivity index (χ3n) is 4.20. The first-order chi connectivity index (χ1) is 11.0. The number of amides is 1. The molecule has 1 aromatic carbocycles. The molecule has 1 aromatic rings. The third kappa shape index (κ3) is 5.20. The van der Waals surface area contributed by atoms with E-state index in [1.165, 1.54) is 24.6 Å². The topological polar surface area (TPSA) is 55.4 Å². The van der Waals surface area contributed by atoms with Crippen molar-refractivity contribution < 1.29 is 18.7 Å². The lowest BCUT2D eigenvalue weighted by molar-refractivity contribution is -0.148. The molecule has 0 aliphatic heterocycles. The van der Waals surface area contributed by atoms with Gasteiger partial charge < -0.3 is 10.1 Å². The van der Waals surface area contributed by atoms with Crippen molar-refractivity contribution in [2.75, 3.05) is 6.61 Å². The number of carbonyl (C=O) groups excluding carboxylic acids is 2. The first-order valence-electron chi connectivity index (χ1n) is 7.85. The van der Waals surface area contributed by atoms with Gasteiger partial charge in [-0.3, -0.25) is 9.59 Å². The van der Waals surface area contributed by atoms with Gasteiger partial charge in [-0.05, 0) is 30.9 Å². The van der Waals surface area contributed by atoms with Crippen LogP contribution in [0.1, 0.15) is 38.2 Å². The van der Waals surface area contributed by atoms with Gasteiger partial charge in [0.1, 0.15) is 5.82 Å². The van der Waals surface area contributed by atoms with Crippen molar-refractivity contribution in [3.63, 3.8) is 0 Å². The second-order valence-electron chi connectivity index (χ2n) is 5.97. The van der Waals surface area contributed by atoms with E-state index < -0.39 is 11.8 Å². The van der Waals surface area contributed by atoms with E-state index in [0.29, 0.717) is 5.92 Å². The summed E-state index contributed by atoms with van der Waals surface area (Å²) in [4.78, 5) is 23.6. The van der Waals surface area contributed by atoms with Gasteiger partial charge in [0.25, 0.3) is 5.91 Å². The number of carbonyl (C=O) groups is 2. The van der Waals surface area contributed by atoms with Crippen LogP contribution in [-0.4, -0.2) is 24.5 Å². The number of esters is 1. The highest BCUT2D eigenvalue weighted by Crippen LogP contribution is 2.23. The van der Waals surface area contributed by atoms with Gasteiger partial charge in [-0.2, -0.15) is 0 Å². The molecular formula is C17H21ClFNO3. The molecule has 1 aliphatic rings. The number of rotatable bonds is 5. The Balaban J connectivity index is 1.78. The minimum absolute atomic E-state index is 0.0838. The number of hydrogen-bond donors (Lipinski definition) is 1. The van der Waals surface area contributed by atoms with Crippen LogP contribution in [0.15, 0.2) is 18.2 Å². The highest BCUT2D eigenvalue weighted by Gasteiger charge is 2.23. The molecule has 1 aliphatic carbocycles. The van der Waals surface area contributed by atoms with Crippen LogP contribution in [0.25, 0.3) is 0 Å². The number of ether oxygens (including phenoxy) is 1. The molecule has 2 rings (SSSR count). The summed E-state index contributed by atoms with van der Waals surface area (Å²) in [5.41, 5.74) is 0.0838. The van der Waals surface area contributed by atoms with Crippen molar-refractivity contribution >= 4 is 23.5 Å². The Morgan fingerprint density at radius 3 is 2.78 bits per heavy atom. The molecule has 2 atom stereocenters. The largest absolute Gasteiger partial charge is 0.455 e. The minimum Gasteiger partial charge on any atom is -0.455 e. The van der Waals surface area contributed by atoms with E-state index in [9.17, 15) is 14.0 Å².